The number of anilines is 2. The van der Waals surface area contributed by atoms with Gasteiger partial charge < -0.3 is 24.1 Å². The second-order valence-electron chi connectivity index (χ2n) is 8.34. The summed E-state index contributed by atoms with van der Waals surface area (Å²) in [4.78, 5) is 15.6. The van der Waals surface area contributed by atoms with E-state index in [0.29, 0.717) is 30.4 Å². The number of methoxy groups -OCH3 is 1. The molecular formula is C26H27ClN4O4. The van der Waals surface area contributed by atoms with Gasteiger partial charge in [-0.1, -0.05) is 17.7 Å². The van der Waals surface area contributed by atoms with Gasteiger partial charge in [-0.25, -0.2) is 5.01 Å². The molecule has 9 heteroatoms. The third-order valence-electron chi connectivity index (χ3n) is 6.20. The number of morpholine rings is 1. The number of hydrogen-bond acceptors (Lipinski definition) is 7. The van der Waals surface area contributed by atoms with E-state index in [1.54, 1.807) is 13.4 Å². The van der Waals surface area contributed by atoms with Gasteiger partial charge in [0.15, 0.2) is 0 Å². The first kappa shape index (κ1) is 23.3. The van der Waals surface area contributed by atoms with Gasteiger partial charge in [-0.15, -0.1) is 0 Å². The van der Waals surface area contributed by atoms with E-state index in [-0.39, 0.29) is 18.5 Å². The fourth-order valence-corrected chi connectivity index (χ4v) is 4.71. The lowest BCUT2D eigenvalue weighted by molar-refractivity contribution is -0.131. The fraction of sp³-hybridized carbons (Fsp3) is 0.308. The first-order valence-corrected chi connectivity index (χ1v) is 11.9. The number of rotatable bonds is 7. The third kappa shape index (κ3) is 4.99. The Morgan fingerprint density at radius 2 is 1.94 bits per heavy atom. The van der Waals surface area contributed by atoms with Crippen molar-refractivity contribution >= 4 is 34.6 Å². The molecular weight excluding hydrogens is 468 g/mol. The maximum absolute atomic E-state index is 13.4. The van der Waals surface area contributed by atoms with Crippen molar-refractivity contribution in [3.8, 4) is 5.75 Å². The highest BCUT2D eigenvalue weighted by molar-refractivity contribution is 6.34. The molecule has 35 heavy (non-hydrogen) atoms. The van der Waals surface area contributed by atoms with Gasteiger partial charge in [-0.2, -0.15) is 5.10 Å². The van der Waals surface area contributed by atoms with Crippen LogP contribution in [0.3, 0.4) is 0 Å². The summed E-state index contributed by atoms with van der Waals surface area (Å²) in [5.74, 6) is 1.30. The molecule has 1 amide bonds. The highest BCUT2D eigenvalue weighted by Crippen LogP contribution is 2.36. The molecule has 2 aromatic carbocycles. The number of ether oxygens (including phenoxy) is 2. The topological polar surface area (TPSA) is 79.5 Å². The van der Waals surface area contributed by atoms with Crippen LogP contribution in [0.2, 0.25) is 5.02 Å². The molecule has 8 nitrogen and oxygen atoms in total. The summed E-state index contributed by atoms with van der Waals surface area (Å²) in [6, 6.07) is 16.7. The Balaban J connectivity index is 1.36. The van der Waals surface area contributed by atoms with Crippen molar-refractivity contribution in [2.75, 3.05) is 50.2 Å². The van der Waals surface area contributed by atoms with Crippen LogP contribution in [0.1, 0.15) is 23.8 Å². The standard InChI is InChI=1S/C26H27ClN4O4/c1-33-19-9-7-18(8-10-19)22-16-23(24-6-3-13-35-24)31(29-22)25(32)17-28-21-5-2-4-20(27)26(21)30-11-14-34-15-12-30/h2-10,13,23,28H,11-12,14-17H2,1H3. The quantitative estimate of drug-likeness (QED) is 0.518. The number of benzene rings is 2. The fourth-order valence-electron chi connectivity index (χ4n) is 4.42. The maximum Gasteiger partial charge on any atom is 0.262 e. The highest BCUT2D eigenvalue weighted by Gasteiger charge is 2.34. The van der Waals surface area contributed by atoms with Crippen molar-refractivity contribution in [1.82, 2.24) is 5.01 Å². The average Bonchev–Trinajstić information content (AvgIpc) is 3.58. The van der Waals surface area contributed by atoms with Gasteiger partial charge in [0, 0.05) is 19.5 Å². The first-order valence-electron chi connectivity index (χ1n) is 11.6. The van der Waals surface area contributed by atoms with Crippen molar-refractivity contribution in [2.24, 2.45) is 5.10 Å². The van der Waals surface area contributed by atoms with Gasteiger partial charge in [0.2, 0.25) is 0 Å². The Labute approximate surface area is 209 Å². The number of nitrogens with zero attached hydrogens (tertiary/aromatic N) is 3. The highest BCUT2D eigenvalue weighted by atomic mass is 35.5. The molecule has 182 valence electrons. The van der Waals surface area contributed by atoms with E-state index in [4.69, 9.17) is 30.6 Å². The summed E-state index contributed by atoms with van der Waals surface area (Å²) < 4.78 is 16.4. The van der Waals surface area contributed by atoms with Crippen molar-refractivity contribution in [1.29, 1.82) is 0 Å². The van der Waals surface area contributed by atoms with Crippen molar-refractivity contribution < 1.29 is 18.7 Å². The van der Waals surface area contributed by atoms with Crippen LogP contribution in [0.15, 0.2) is 70.4 Å². The van der Waals surface area contributed by atoms with Crippen LogP contribution in [0, 0.1) is 0 Å². The Bertz CT molecular complexity index is 1190. The van der Waals surface area contributed by atoms with Gasteiger partial charge in [0.25, 0.3) is 5.91 Å². The van der Waals surface area contributed by atoms with Crippen LogP contribution in [0.25, 0.3) is 0 Å². The van der Waals surface area contributed by atoms with E-state index in [9.17, 15) is 4.79 Å². The van der Waals surface area contributed by atoms with E-state index in [1.807, 2.05) is 54.6 Å². The number of carbonyl (C=O) groups excluding carboxylic acids is 1. The van der Waals surface area contributed by atoms with Gasteiger partial charge in [-0.05, 0) is 54.1 Å². The Morgan fingerprint density at radius 1 is 1.14 bits per heavy atom. The van der Waals surface area contributed by atoms with Crippen LogP contribution in [-0.4, -0.2) is 56.6 Å². The molecule has 1 fully saturated rings. The first-order chi connectivity index (χ1) is 17.1. The second kappa shape index (κ2) is 10.4. The average molecular weight is 495 g/mol. The summed E-state index contributed by atoms with van der Waals surface area (Å²) in [7, 11) is 1.63. The number of hydrazone groups is 1. The van der Waals surface area contributed by atoms with Crippen LogP contribution < -0.4 is 15.0 Å². The third-order valence-corrected chi connectivity index (χ3v) is 6.51. The molecule has 1 N–H and O–H groups in total. The number of hydrogen-bond donors (Lipinski definition) is 1. The van der Waals surface area contributed by atoms with Crippen LogP contribution in [0.5, 0.6) is 5.75 Å². The molecule has 0 bridgehead atoms. The van der Waals surface area contributed by atoms with E-state index >= 15 is 0 Å². The molecule has 0 radical (unpaired) electrons. The molecule has 0 saturated carbocycles. The maximum atomic E-state index is 13.4. The zero-order valence-corrected chi connectivity index (χ0v) is 20.2. The summed E-state index contributed by atoms with van der Waals surface area (Å²) in [5, 5.41) is 10.1. The predicted octanol–water partition coefficient (Wildman–Crippen LogP) is 4.57. The van der Waals surface area contributed by atoms with Crippen molar-refractivity contribution in [3.05, 3.63) is 77.2 Å². The monoisotopic (exact) mass is 494 g/mol. The molecule has 1 saturated heterocycles. The molecule has 3 heterocycles. The Morgan fingerprint density at radius 3 is 2.66 bits per heavy atom. The zero-order chi connectivity index (χ0) is 24.2. The van der Waals surface area contributed by atoms with E-state index < -0.39 is 0 Å². The summed E-state index contributed by atoms with van der Waals surface area (Å²) in [6.07, 6.45) is 2.17. The molecule has 0 aliphatic carbocycles. The van der Waals surface area contributed by atoms with E-state index in [1.165, 1.54) is 5.01 Å². The smallest absolute Gasteiger partial charge is 0.262 e. The molecule has 1 atom stereocenters. The SMILES string of the molecule is COc1ccc(C2=NN(C(=O)CNc3cccc(Cl)c3N3CCOCC3)C(c3ccco3)C2)cc1. The normalized spacial score (nSPS) is 17.9. The minimum atomic E-state index is -0.311. The molecule has 2 aliphatic heterocycles. The lowest BCUT2D eigenvalue weighted by Crippen LogP contribution is -2.37. The van der Waals surface area contributed by atoms with Gasteiger partial charge in [0.1, 0.15) is 17.6 Å². The van der Waals surface area contributed by atoms with E-state index in [0.717, 1.165) is 41.5 Å². The van der Waals surface area contributed by atoms with Crippen molar-refractivity contribution in [3.63, 3.8) is 0 Å². The second-order valence-corrected chi connectivity index (χ2v) is 8.75. The molecule has 1 aromatic heterocycles. The largest absolute Gasteiger partial charge is 0.497 e. The molecule has 0 spiro atoms. The van der Waals surface area contributed by atoms with Gasteiger partial charge >= 0.3 is 0 Å². The van der Waals surface area contributed by atoms with Crippen LogP contribution in [0.4, 0.5) is 11.4 Å². The minimum absolute atomic E-state index is 0.0638. The number of furan rings is 1. The lowest BCUT2D eigenvalue weighted by Gasteiger charge is -2.31. The van der Waals surface area contributed by atoms with Crippen LogP contribution in [-0.2, 0) is 9.53 Å². The van der Waals surface area contributed by atoms with Gasteiger partial charge in [-0.3, -0.25) is 4.79 Å². The minimum Gasteiger partial charge on any atom is -0.497 e. The number of para-hydroxylation sites is 1. The molecule has 5 rings (SSSR count). The lowest BCUT2D eigenvalue weighted by atomic mass is 10.0. The number of halogens is 1. The summed E-state index contributed by atoms with van der Waals surface area (Å²) in [5.41, 5.74) is 3.45. The molecule has 3 aromatic rings. The summed E-state index contributed by atoms with van der Waals surface area (Å²) >= 11 is 6.54. The Hall–Kier alpha value is -3.49. The van der Waals surface area contributed by atoms with Crippen molar-refractivity contribution in [2.45, 2.75) is 12.5 Å². The number of nitrogens with one attached hydrogen (secondary N) is 1. The van der Waals surface area contributed by atoms with Gasteiger partial charge in [0.05, 0.1) is 55.2 Å². The van der Waals surface area contributed by atoms with E-state index in [2.05, 4.69) is 10.2 Å². The summed E-state index contributed by atoms with van der Waals surface area (Å²) in [6.45, 7) is 2.84. The molecule has 1 unspecified atom stereocenters. The Kier molecular flexibility index (Phi) is 6.92. The number of amides is 1. The number of carbonyl (C=O) groups is 1. The predicted molar refractivity (Wildman–Crippen MR) is 135 cm³/mol. The molecule has 2 aliphatic rings. The van der Waals surface area contributed by atoms with Crippen LogP contribution >= 0.6 is 11.6 Å². The zero-order valence-electron chi connectivity index (χ0n) is 19.4.